The zero-order chi connectivity index (χ0) is 11.6. The molecule has 0 saturated heterocycles. The van der Waals surface area contributed by atoms with Crippen LogP contribution in [-0.2, 0) is 6.18 Å². The van der Waals surface area contributed by atoms with Gasteiger partial charge >= 0.3 is 6.18 Å². The average Bonchev–Trinajstić information content (AvgIpc) is 2.70. The van der Waals surface area contributed by atoms with E-state index in [-0.39, 0.29) is 6.01 Å². The van der Waals surface area contributed by atoms with E-state index in [0.717, 1.165) is 12.1 Å². The molecule has 1 N–H and O–H groups in total. The maximum absolute atomic E-state index is 12.2. The second-order valence-electron chi connectivity index (χ2n) is 3.04. The summed E-state index contributed by atoms with van der Waals surface area (Å²) in [5, 5.41) is 2.72. The van der Waals surface area contributed by atoms with E-state index in [2.05, 4.69) is 10.3 Å². The topological polar surface area (TPSA) is 38.1 Å². The number of hydrogen-bond donors (Lipinski definition) is 1. The average molecular weight is 228 g/mol. The Bertz CT molecular complexity index is 448. The second kappa shape index (κ2) is 3.88. The molecular weight excluding hydrogens is 221 g/mol. The maximum Gasteiger partial charge on any atom is 0.416 e. The van der Waals surface area contributed by atoms with Crippen LogP contribution in [0.4, 0.5) is 24.9 Å². The fourth-order valence-electron chi connectivity index (χ4n) is 1.15. The van der Waals surface area contributed by atoms with Crippen LogP contribution in [0.3, 0.4) is 0 Å². The predicted octanol–water partition coefficient (Wildman–Crippen LogP) is 3.44. The van der Waals surface area contributed by atoms with Gasteiger partial charge in [0.05, 0.1) is 11.8 Å². The fourth-order valence-corrected chi connectivity index (χ4v) is 1.15. The van der Waals surface area contributed by atoms with Crippen molar-refractivity contribution in [2.75, 3.05) is 5.32 Å². The first kappa shape index (κ1) is 10.5. The van der Waals surface area contributed by atoms with Crippen LogP contribution in [0, 0.1) is 0 Å². The van der Waals surface area contributed by atoms with E-state index in [1.54, 1.807) is 0 Å². The number of hydrogen-bond acceptors (Lipinski definition) is 3. The Morgan fingerprint density at radius 3 is 2.31 bits per heavy atom. The van der Waals surface area contributed by atoms with Crippen LogP contribution in [0.25, 0.3) is 0 Å². The molecule has 0 aliphatic heterocycles. The molecule has 0 unspecified atom stereocenters. The van der Waals surface area contributed by atoms with E-state index < -0.39 is 11.7 Å². The van der Waals surface area contributed by atoms with Gasteiger partial charge in [0.15, 0.2) is 0 Å². The van der Waals surface area contributed by atoms with Crippen molar-refractivity contribution in [3.8, 4) is 0 Å². The van der Waals surface area contributed by atoms with Crippen molar-refractivity contribution in [1.29, 1.82) is 0 Å². The van der Waals surface area contributed by atoms with Gasteiger partial charge in [-0.1, -0.05) is 0 Å². The largest absolute Gasteiger partial charge is 0.432 e. The Balaban J connectivity index is 2.14. The Morgan fingerprint density at radius 2 is 1.81 bits per heavy atom. The third kappa shape index (κ3) is 2.33. The van der Waals surface area contributed by atoms with Gasteiger partial charge in [0, 0.05) is 5.69 Å². The number of nitrogens with one attached hydrogen (secondary N) is 1. The van der Waals surface area contributed by atoms with Crippen molar-refractivity contribution in [2.45, 2.75) is 6.18 Å². The quantitative estimate of drug-likeness (QED) is 0.855. The van der Waals surface area contributed by atoms with Crippen LogP contribution in [-0.4, -0.2) is 4.98 Å². The number of aromatic nitrogens is 1. The summed E-state index contributed by atoms with van der Waals surface area (Å²) in [6.45, 7) is 0. The molecule has 0 amide bonds. The van der Waals surface area contributed by atoms with Gasteiger partial charge in [-0.15, -0.1) is 0 Å². The first-order valence-corrected chi connectivity index (χ1v) is 4.39. The molecule has 2 aromatic rings. The number of anilines is 2. The molecule has 0 aliphatic rings. The van der Waals surface area contributed by atoms with Crippen molar-refractivity contribution < 1.29 is 17.6 Å². The molecule has 0 saturated carbocycles. The summed E-state index contributed by atoms with van der Waals surface area (Å²) >= 11 is 0. The summed E-state index contributed by atoms with van der Waals surface area (Å²) < 4.78 is 41.6. The Labute approximate surface area is 88.9 Å². The van der Waals surface area contributed by atoms with Crippen molar-refractivity contribution in [1.82, 2.24) is 4.98 Å². The first-order chi connectivity index (χ1) is 7.55. The molecule has 0 radical (unpaired) electrons. The molecule has 84 valence electrons. The zero-order valence-corrected chi connectivity index (χ0v) is 7.95. The minimum Gasteiger partial charge on any atom is -0.432 e. The van der Waals surface area contributed by atoms with Crippen molar-refractivity contribution in [3.05, 3.63) is 42.3 Å². The van der Waals surface area contributed by atoms with E-state index in [4.69, 9.17) is 4.42 Å². The van der Waals surface area contributed by atoms with Crippen LogP contribution < -0.4 is 5.32 Å². The summed E-state index contributed by atoms with van der Waals surface area (Å²) in [7, 11) is 0. The highest BCUT2D eigenvalue weighted by atomic mass is 19.4. The monoisotopic (exact) mass is 228 g/mol. The second-order valence-corrected chi connectivity index (χ2v) is 3.04. The van der Waals surface area contributed by atoms with Crippen molar-refractivity contribution in [2.24, 2.45) is 0 Å². The number of oxazole rings is 1. The summed E-state index contributed by atoms with van der Waals surface area (Å²) in [5.74, 6) is 0. The van der Waals surface area contributed by atoms with Crippen molar-refractivity contribution in [3.63, 3.8) is 0 Å². The molecule has 0 fully saturated rings. The Morgan fingerprint density at radius 1 is 1.12 bits per heavy atom. The summed E-state index contributed by atoms with van der Waals surface area (Å²) in [4.78, 5) is 3.78. The normalized spacial score (nSPS) is 11.4. The lowest BCUT2D eigenvalue weighted by Crippen LogP contribution is -2.04. The summed E-state index contributed by atoms with van der Waals surface area (Å²) in [6, 6.07) is 4.84. The van der Waals surface area contributed by atoms with Crippen LogP contribution in [0.1, 0.15) is 5.56 Å². The number of halogens is 3. The minimum atomic E-state index is -4.32. The van der Waals surface area contributed by atoms with Gasteiger partial charge in [0.1, 0.15) is 6.26 Å². The smallest absolute Gasteiger partial charge is 0.416 e. The standard InChI is InChI=1S/C10H7F3N2O/c11-10(12,13)7-1-3-8(4-2-7)15-9-14-5-6-16-9/h1-6H,(H,14,15). The third-order valence-corrected chi connectivity index (χ3v) is 1.90. The lowest BCUT2D eigenvalue weighted by atomic mass is 10.2. The molecular formula is C10H7F3N2O. The number of rotatable bonds is 2. The lowest BCUT2D eigenvalue weighted by molar-refractivity contribution is -0.137. The highest BCUT2D eigenvalue weighted by Crippen LogP contribution is 2.30. The Hall–Kier alpha value is -1.98. The Kier molecular flexibility index (Phi) is 2.55. The van der Waals surface area contributed by atoms with Gasteiger partial charge in [-0.3, -0.25) is 0 Å². The number of nitrogens with zero attached hydrogens (tertiary/aromatic N) is 1. The fraction of sp³-hybridized carbons (Fsp3) is 0.100. The van der Waals surface area contributed by atoms with E-state index in [1.807, 2.05) is 0 Å². The van der Waals surface area contributed by atoms with Crippen LogP contribution in [0.15, 0.2) is 41.1 Å². The zero-order valence-electron chi connectivity index (χ0n) is 7.95. The number of alkyl halides is 3. The summed E-state index contributed by atoms with van der Waals surface area (Å²) in [6.07, 6.45) is -1.51. The number of benzene rings is 1. The molecule has 16 heavy (non-hydrogen) atoms. The molecule has 0 bridgehead atoms. The molecule has 1 aromatic carbocycles. The van der Waals surface area contributed by atoms with Crippen LogP contribution >= 0.6 is 0 Å². The van der Waals surface area contributed by atoms with E-state index in [0.29, 0.717) is 5.69 Å². The SMILES string of the molecule is FC(F)(F)c1ccc(Nc2ncco2)cc1. The predicted molar refractivity (Wildman–Crippen MR) is 51.2 cm³/mol. The highest BCUT2D eigenvalue weighted by Gasteiger charge is 2.29. The molecule has 0 spiro atoms. The van der Waals surface area contributed by atoms with E-state index in [1.165, 1.54) is 24.6 Å². The molecule has 0 atom stereocenters. The molecule has 2 rings (SSSR count). The molecule has 1 heterocycles. The first-order valence-electron chi connectivity index (χ1n) is 4.39. The van der Waals surface area contributed by atoms with Crippen molar-refractivity contribution >= 4 is 11.7 Å². The maximum atomic E-state index is 12.2. The van der Waals surface area contributed by atoms with E-state index in [9.17, 15) is 13.2 Å². The van der Waals surface area contributed by atoms with Gasteiger partial charge < -0.3 is 9.73 Å². The van der Waals surface area contributed by atoms with E-state index >= 15 is 0 Å². The van der Waals surface area contributed by atoms with Gasteiger partial charge in [-0.25, -0.2) is 4.98 Å². The molecule has 3 nitrogen and oxygen atoms in total. The van der Waals surface area contributed by atoms with Crippen LogP contribution in [0.2, 0.25) is 0 Å². The molecule has 6 heteroatoms. The van der Waals surface area contributed by atoms with Crippen LogP contribution in [0.5, 0.6) is 0 Å². The minimum absolute atomic E-state index is 0.236. The third-order valence-electron chi connectivity index (χ3n) is 1.90. The van der Waals surface area contributed by atoms with Gasteiger partial charge in [0.2, 0.25) is 0 Å². The highest BCUT2D eigenvalue weighted by molar-refractivity contribution is 5.52. The van der Waals surface area contributed by atoms with Gasteiger partial charge in [0.25, 0.3) is 6.01 Å². The lowest BCUT2D eigenvalue weighted by Gasteiger charge is -2.07. The van der Waals surface area contributed by atoms with Gasteiger partial charge in [-0.2, -0.15) is 13.2 Å². The molecule has 1 aromatic heterocycles. The summed E-state index contributed by atoms with van der Waals surface area (Å²) in [5.41, 5.74) is -0.207. The van der Waals surface area contributed by atoms with Gasteiger partial charge in [-0.05, 0) is 24.3 Å². The molecule has 0 aliphatic carbocycles.